The van der Waals surface area contributed by atoms with Crippen molar-refractivity contribution < 1.29 is 9.90 Å². The van der Waals surface area contributed by atoms with Crippen molar-refractivity contribution in [1.29, 1.82) is 0 Å². The van der Waals surface area contributed by atoms with Crippen LogP contribution in [0.3, 0.4) is 0 Å². The highest BCUT2D eigenvalue weighted by molar-refractivity contribution is 8.00. The van der Waals surface area contributed by atoms with Gasteiger partial charge in [-0.2, -0.15) is 0 Å². The second kappa shape index (κ2) is 4.27. The standard InChI is InChI=1S/C12H14O2S/c1-8(12(13)14)6-10-7-9-4-2-3-5-11(9)15-10/h2-5,8,10H,6-7H2,1H3,(H,13,14). The molecule has 0 amide bonds. The fourth-order valence-electron chi connectivity index (χ4n) is 1.88. The average molecular weight is 222 g/mol. The highest BCUT2D eigenvalue weighted by Crippen LogP contribution is 2.39. The van der Waals surface area contributed by atoms with E-state index >= 15 is 0 Å². The van der Waals surface area contributed by atoms with Crippen molar-refractivity contribution in [2.24, 2.45) is 5.92 Å². The molecule has 80 valence electrons. The van der Waals surface area contributed by atoms with Crippen LogP contribution in [0.25, 0.3) is 0 Å². The van der Waals surface area contributed by atoms with Gasteiger partial charge in [-0.1, -0.05) is 25.1 Å². The molecule has 1 aromatic rings. The average Bonchev–Trinajstić information content (AvgIpc) is 2.59. The van der Waals surface area contributed by atoms with Crippen molar-refractivity contribution in [1.82, 2.24) is 0 Å². The molecule has 1 aliphatic rings. The van der Waals surface area contributed by atoms with Crippen LogP contribution >= 0.6 is 11.8 Å². The van der Waals surface area contributed by atoms with Crippen LogP contribution in [0.5, 0.6) is 0 Å². The lowest BCUT2D eigenvalue weighted by atomic mass is 10.0. The highest BCUT2D eigenvalue weighted by Gasteiger charge is 2.25. The SMILES string of the molecule is CC(CC1Cc2ccccc2S1)C(=O)O. The van der Waals surface area contributed by atoms with Gasteiger partial charge in [0.05, 0.1) is 5.92 Å². The number of carbonyl (C=O) groups is 1. The van der Waals surface area contributed by atoms with Crippen LogP contribution in [-0.4, -0.2) is 16.3 Å². The van der Waals surface area contributed by atoms with Gasteiger partial charge in [0, 0.05) is 10.1 Å². The third-order valence-electron chi connectivity index (χ3n) is 2.75. The Hall–Kier alpha value is -0.960. The van der Waals surface area contributed by atoms with Crippen molar-refractivity contribution in [3.05, 3.63) is 29.8 Å². The maximum absolute atomic E-state index is 10.8. The van der Waals surface area contributed by atoms with Crippen molar-refractivity contribution in [2.45, 2.75) is 29.9 Å². The topological polar surface area (TPSA) is 37.3 Å². The summed E-state index contributed by atoms with van der Waals surface area (Å²) in [6, 6.07) is 8.33. The monoisotopic (exact) mass is 222 g/mol. The smallest absolute Gasteiger partial charge is 0.306 e. The van der Waals surface area contributed by atoms with Crippen LogP contribution in [0, 0.1) is 5.92 Å². The van der Waals surface area contributed by atoms with E-state index < -0.39 is 5.97 Å². The molecule has 2 unspecified atom stereocenters. The molecule has 1 aliphatic heterocycles. The van der Waals surface area contributed by atoms with Crippen LogP contribution in [0.15, 0.2) is 29.2 Å². The van der Waals surface area contributed by atoms with E-state index in [-0.39, 0.29) is 5.92 Å². The quantitative estimate of drug-likeness (QED) is 0.854. The number of rotatable bonds is 3. The fraction of sp³-hybridized carbons (Fsp3) is 0.417. The van der Waals surface area contributed by atoms with Gasteiger partial charge < -0.3 is 5.11 Å². The number of hydrogen-bond donors (Lipinski definition) is 1. The van der Waals surface area contributed by atoms with E-state index in [9.17, 15) is 4.79 Å². The molecule has 0 radical (unpaired) electrons. The molecular formula is C12H14O2S. The Bertz CT molecular complexity index is 351. The summed E-state index contributed by atoms with van der Waals surface area (Å²) in [5.74, 6) is -0.927. The summed E-state index contributed by atoms with van der Waals surface area (Å²) >= 11 is 1.82. The Morgan fingerprint density at radius 3 is 3.00 bits per heavy atom. The van der Waals surface area contributed by atoms with Crippen LogP contribution < -0.4 is 0 Å². The van der Waals surface area contributed by atoms with Gasteiger partial charge in [-0.15, -0.1) is 11.8 Å². The molecule has 0 saturated carbocycles. The lowest BCUT2D eigenvalue weighted by Gasteiger charge is -2.11. The maximum atomic E-state index is 10.8. The first-order chi connectivity index (χ1) is 7.16. The number of aliphatic carboxylic acids is 1. The van der Waals surface area contributed by atoms with Gasteiger partial charge in [0.15, 0.2) is 0 Å². The molecule has 1 N–H and O–H groups in total. The van der Waals surface area contributed by atoms with Gasteiger partial charge in [-0.3, -0.25) is 4.79 Å². The molecule has 0 aliphatic carbocycles. The van der Waals surface area contributed by atoms with Crippen molar-refractivity contribution >= 4 is 17.7 Å². The summed E-state index contributed by atoms with van der Waals surface area (Å²) in [6.07, 6.45) is 1.77. The zero-order chi connectivity index (χ0) is 10.8. The van der Waals surface area contributed by atoms with Crippen molar-refractivity contribution in [2.75, 3.05) is 0 Å². The largest absolute Gasteiger partial charge is 0.481 e. The minimum atomic E-state index is -0.688. The lowest BCUT2D eigenvalue weighted by molar-refractivity contribution is -0.141. The first-order valence-electron chi connectivity index (χ1n) is 5.14. The molecule has 2 rings (SSSR count). The molecule has 0 aromatic heterocycles. The molecule has 1 aromatic carbocycles. The third-order valence-corrected chi connectivity index (χ3v) is 4.10. The number of carboxylic acids is 1. The number of thioether (sulfide) groups is 1. The van der Waals surface area contributed by atoms with E-state index in [1.807, 2.05) is 23.9 Å². The zero-order valence-electron chi connectivity index (χ0n) is 8.64. The maximum Gasteiger partial charge on any atom is 0.306 e. The van der Waals surface area contributed by atoms with E-state index in [1.165, 1.54) is 10.5 Å². The van der Waals surface area contributed by atoms with E-state index in [0.717, 1.165) is 12.8 Å². The van der Waals surface area contributed by atoms with Crippen LogP contribution in [0.1, 0.15) is 18.9 Å². The number of fused-ring (bicyclic) bond motifs is 1. The summed E-state index contributed by atoms with van der Waals surface area (Å²) in [5, 5.41) is 9.29. The van der Waals surface area contributed by atoms with Crippen LogP contribution in [-0.2, 0) is 11.2 Å². The fourth-order valence-corrected chi connectivity index (χ4v) is 3.35. The van der Waals surface area contributed by atoms with E-state index in [2.05, 4.69) is 12.1 Å². The second-order valence-corrected chi connectivity index (χ2v) is 5.37. The van der Waals surface area contributed by atoms with Gasteiger partial charge in [0.1, 0.15) is 0 Å². The molecular weight excluding hydrogens is 208 g/mol. The minimum Gasteiger partial charge on any atom is -0.481 e. The Morgan fingerprint density at radius 2 is 2.33 bits per heavy atom. The van der Waals surface area contributed by atoms with Crippen LogP contribution in [0.4, 0.5) is 0 Å². The Morgan fingerprint density at radius 1 is 1.60 bits per heavy atom. The van der Waals surface area contributed by atoms with Crippen LogP contribution in [0.2, 0.25) is 0 Å². The molecule has 3 heteroatoms. The molecule has 2 nitrogen and oxygen atoms in total. The Balaban J connectivity index is 1.99. The van der Waals surface area contributed by atoms with E-state index in [0.29, 0.717) is 5.25 Å². The Kier molecular flexibility index (Phi) is 3.00. The Labute approximate surface area is 93.7 Å². The molecule has 2 atom stereocenters. The molecule has 1 heterocycles. The van der Waals surface area contributed by atoms with Gasteiger partial charge >= 0.3 is 5.97 Å². The van der Waals surface area contributed by atoms with Gasteiger partial charge in [-0.05, 0) is 24.5 Å². The number of carboxylic acid groups (broad SMARTS) is 1. The third kappa shape index (κ3) is 2.34. The minimum absolute atomic E-state index is 0.239. The van der Waals surface area contributed by atoms with Gasteiger partial charge in [0.25, 0.3) is 0 Å². The number of hydrogen-bond acceptors (Lipinski definition) is 2. The highest BCUT2D eigenvalue weighted by atomic mass is 32.2. The zero-order valence-corrected chi connectivity index (χ0v) is 9.46. The number of benzene rings is 1. The summed E-state index contributed by atoms with van der Waals surface area (Å²) in [5.41, 5.74) is 1.37. The van der Waals surface area contributed by atoms with Gasteiger partial charge in [-0.25, -0.2) is 0 Å². The molecule has 0 saturated heterocycles. The summed E-state index contributed by atoms with van der Waals surface area (Å²) in [7, 11) is 0. The summed E-state index contributed by atoms with van der Waals surface area (Å²) < 4.78 is 0. The first kappa shape index (κ1) is 10.6. The normalized spacial score (nSPS) is 21.0. The summed E-state index contributed by atoms with van der Waals surface area (Å²) in [6.45, 7) is 1.78. The molecule has 0 bridgehead atoms. The second-order valence-electron chi connectivity index (χ2n) is 4.03. The summed E-state index contributed by atoms with van der Waals surface area (Å²) in [4.78, 5) is 12.1. The van der Waals surface area contributed by atoms with Crippen molar-refractivity contribution in [3.63, 3.8) is 0 Å². The van der Waals surface area contributed by atoms with Crippen molar-refractivity contribution in [3.8, 4) is 0 Å². The van der Waals surface area contributed by atoms with E-state index in [1.54, 1.807) is 6.92 Å². The van der Waals surface area contributed by atoms with E-state index in [4.69, 9.17) is 5.11 Å². The molecule has 0 fully saturated rings. The first-order valence-corrected chi connectivity index (χ1v) is 6.02. The molecule has 0 spiro atoms. The predicted molar refractivity (Wildman–Crippen MR) is 61.2 cm³/mol. The lowest BCUT2D eigenvalue weighted by Crippen LogP contribution is -2.15. The predicted octanol–water partition coefficient (Wildman–Crippen LogP) is 2.81. The molecule has 15 heavy (non-hydrogen) atoms. The van der Waals surface area contributed by atoms with Gasteiger partial charge in [0.2, 0.25) is 0 Å².